The molecule has 4 aromatic carbocycles. The Bertz CT molecular complexity index is 1700. The smallest absolute Gasteiger partial charge is 0.306 e. The fourth-order valence-corrected chi connectivity index (χ4v) is 5.60. The average Bonchev–Trinajstić information content (AvgIpc) is 3.48. The number of aliphatic imine (C=N–C) groups is 1. The van der Waals surface area contributed by atoms with Gasteiger partial charge in [0.2, 0.25) is 5.90 Å². The Morgan fingerprint density at radius 3 is 2.19 bits per heavy atom. The standard InChI is InChI=1S/C39H41ClN2O6/c1-38(2,3)48-34(44)22-23-39(37(45)41-26-27-10-18-32(40)19-11-27)35(30-14-12-29(13-15-30)28-8-5-4-6-9-28)47-36(42-39)31-16-20-33(21-17-31)46-25-7-24-43/h4-6,8-21,35,43H,7,22-26H2,1-3H3,(H,41,45)/t35-,39-/m1/s1. The number of rotatable bonds is 13. The molecule has 0 unspecified atom stereocenters. The third kappa shape index (κ3) is 8.82. The monoisotopic (exact) mass is 668 g/mol. The molecular formula is C39H41ClN2O6. The summed E-state index contributed by atoms with van der Waals surface area (Å²) in [6.07, 6.45) is -0.327. The summed E-state index contributed by atoms with van der Waals surface area (Å²) < 4.78 is 17.9. The number of ether oxygens (including phenoxy) is 3. The van der Waals surface area contributed by atoms with Crippen molar-refractivity contribution in [1.82, 2.24) is 5.32 Å². The van der Waals surface area contributed by atoms with E-state index in [1.165, 1.54) is 0 Å². The Morgan fingerprint density at radius 1 is 0.896 bits per heavy atom. The summed E-state index contributed by atoms with van der Waals surface area (Å²) >= 11 is 6.09. The Labute approximate surface area is 286 Å². The molecule has 0 aliphatic carbocycles. The highest BCUT2D eigenvalue weighted by molar-refractivity contribution is 6.30. The van der Waals surface area contributed by atoms with Gasteiger partial charge in [0.05, 0.1) is 6.61 Å². The van der Waals surface area contributed by atoms with Gasteiger partial charge in [-0.1, -0.05) is 78.3 Å². The first-order chi connectivity index (χ1) is 23.1. The van der Waals surface area contributed by atoms with Crippen LogP contribution in [0.1, 0.15) is 62.8 Å². The molecule has 9 heteroatoms. The van der Waals surface area contributed by atoms with Gasteiger partial charge in [0.15, 0.2) is 11.6 Å². The van der Waals surface area contributed by atoms with E-state index in [-0.39, 0.29) is 37.8 Å². The summed E-state index contributed by atoms with van der Waals surface area (Å²) in [4.78, 5) is 32.5. The molecule has 0 saturated carbocycles. The average molecular weight is 669 g/mol. The number of nitrogens with zero attached hydrogens (tertiary/aromatic N) is 1. The third-order valence-corrected chi connectivity index (χ3v) is 8.10. The molecule has 0 radical (unpaired) electrons. The number of esters is 1. The number of carbonyl (C=O) groups is 2. The van der Waals surface area contributed by atoms with Crippen molar-refractivity contribution in [3.05, 3.63) is 125 Å². The van der Waals surface area contributed by atoms with Crippen molar-refractivity contribution in [2.45, 2.75) is 63.8 Å². The first-order valence-electron chi connectivity index (χ1n) is 16.1. The Kier molecular flexibility index (Phi) is 11.2. The number of amides is 1. The number of hydrogen-bond acceptors (Lipinski definition) is 7. The molecule has 0 spiro atoms. The SMILES string of the molecule is CC(C)(C)OC(=O)CC[C@@]1(C(=O)NCc2ccc(Cl)cc2)N=C(c2ccc(OCCCO)cc2)O[C@@H]1c1ccc(-c2ccccc2)cc1. The Morgan fingerprint density at radius 2 is 1.54 bits per heavy atom. The predicted molar refractivity (Wildman–Crippen MR) is 187 cm³/mol. The quantitative estimate of drug-likeness (QED) is 0.113. The fourth-order valence-electron chi connectivity index (χ4n) is 5.47. The van der Waals surface area contributed by atoms with Crippen molar-refractivity contribution in [3.8, 4) is 16.9 Å². The highest BCUT2D eigenvalue weighted by atomic mass is 35.5. The van der Waals surface area contributed by atoms with Gasteiger partial charge in [-0.05, 0) is 85.8 Å². The molecule has 0 fully saturated rings. The van der Waals surface area contributed by atoms with Crippen molar-refractivity contribution >= 4 is 29.4 Å². The molecule has 4 aromatic rings. The van der Waals surface area contributed by atoms with Crippen LogP contribution in [0.3, 0.4) is 0 Å². The molecule has 8 nitrogen and oxygen atoms in total. The molecule has 2 atom stereocenters. The van der Waals surface area contributed by atoms with Gasteiger partial charge in [0.1, 0.15) is 11.4 Å². The number of aliphatic hydroxyl groups excluding tert-OH is 1. The largest absolute Gasteiger partial charge is 0.494 e. The summed E-state index contributed by atoms with van der Waals surface area (Å²) in [5.41, 5.74) is 2.15. The topological polar surface area (TPSA) is 106 Å². The van der Waals surface area contributed by atoms with E-state index in [1.54, 1.807) is 24.3 Å². The second kappa shape index (κ2) is 15.5. The van der Waals surface area contributed by atoms with Crippen LogP contribution in [-0.4, -0.2) is 47.2 Å². The number of hydrogen-bond donors (Lipinski definition) is 2. The Balaban J connectivity index is 1.52. The van der Waals surface area contributed by atoms with E-state index >= 15 is 0 Å². The summed E-state index contributed by atoms with van der Waals surface area (Å²) in [6.45, 7) is 6.08. The molecule has 0 aromatic heterocycles. The van der Waals surface area contributed by atoms with Crippen LogP contribution in [0, 0.1) is 0 Å². The summed E-state index contributed by atoms with van der Waals surface area (Å²) in [5.74, 6) is 0.103. The van der Waals surface area contributed by atoms with E-state index in [0.29, 0.717) is 29.4 Å². The van der Waals surface area contributed by atoms with E-state index in [9.17, 15) is 9.59 Å². The van der Waals surface area contributed by atoms with Crippen LogP contribution >= 0.6 is 11.6 Å². The summed E-state index contributed by atoms with van der Waals surface area (Å²) in [7, 11) is 0. The van der Waals surface area contributed by atoms with Gasteiger partial charge in [-0.15, -0.1) is 0 Å². The van der Waals surface area contributed by atoms with Crippen LogP contribution in [0.25, 0.3) is 11.1 Å². The lowest BCUT2D eigenvalue weighted by atomic mass is 9.83. The zero-order valence-corrected chi connectivity index (χ0v) is 28.2. The van der Waals surface area contributed by atoms with E-state index in [2.05, 4.69) is 5.32 Å². The molecule has 0 saturated heterocycles. The highest BCUT2D eigenvalue weighted by Gasteiger charge is 2.53. The maximum atomic E-state index is 14.4. The molecular weight excluding hydrogens is 628 g/mol. The second-order valence-electron chi connectivity index (χ2n) is 12.7. The van der Waals surface area contributed by atoms with Crippen molar-refractivity contribution in [2.75, 3.05) is 13.2 Å². The van der Waals surface area contributed by atoms with Gasteiger partial charge < -0.3 is 24.6 Å². The molecule has 1 amide bonds. The highest BCUT2D eigenvalue weighted by Crippen LogP contribution is 2.44. The first-order valence-corrected chi connectivity index (χ1v) is 16.4. The molecule has 0 bridgehead atoms. The molecule has 1 heterocycles. The van der Waals surface area contributed by atoms with E-state index < -0.39 is 23.2 Å². The van der Waals surface area contributed by atoms with Crippen LogP contribution < -0.4 is 10.1 Å². The van der Waals surface area contributed by atoms with Crippen molar-refractivity contribution in [1.29, 1.82) is 0 Å². The number of nitrogens with one attached hydrogen (secondary N) is 1. The molecule has 5 rings (SSSR count). The number of benzene rings is 4. The minimum Gasteiger partial charge on any atom is -0.494 e. The maximum Gasteiger partial charge on any atom is 0.306 e. The van der Waals surface area contributed by atoms with Crippen LogP contribution in [0.15, 0.2) is 108 Å². The summed E-state index contributed by atoms with van der Waals surface area (Å²) in [5, 5.41) is 12.7. The van der Waals surface area contributed by atoms with Crippen molar-refractivity contribution in [3.63, 3.8) is 0 Å². The fraction of sp³-hybridized carbons (Fsp3) is 0.308. The number of halogens is 1. The number of carbonyl (C=O) groups excluding carboxylic acids is 2. The normalized spacial score (nSPS) is 17.3. The van der Waals surface area contributed by atoms with Crippen LogP contribution in [0.5, 0.6) is 5.75 Å². The van der Waals surface area contributed by atoms with Crippen LogP contribution in [0.4, 0.5) is 0 Å². The van der Waals surface area contributed by atoms with E-state index in [0.717, 1.165) is 22.3 Å². The van der Waals surface area contributed by atoms with Crippen molar-refractivity contribution in [2.24, 2.45) is 4.99 Å². The third-order valence-electron chi connectivity index (χ3n) is 7.85. The van der Waals surface area contributed by atoms with Crippen LogP contribution in [-0.2, 0) is 25.6 Å². The molecule has 250 valence electrons. The summed E-state index contributed by atoms with van der Waals surface area (Å²) in [6, 6.07) is 32.3. The van der Waals surface area contributed by atoms with Gasteiger partial charge >= 0.3 is 5.97 Å². The lowest BCUT2D eigenvalue weighted by Gasteiger charge is -2.31. The van der Waals surface area contributed by atoms with E-state index in [1.807, 2.05) is 99.6 Å². The maximum absolute atomic E-state index is 14.4. The van der Waals surface area contributed by atoms with E-state index in [4.69, 9.17) is 35.9 Å². The number of aliphatic hydroxyl groups is 1. The zero-order valence-electron chi connectivity index (χ0n) is 27.4. The minimum absolute atomic E-state index is 0.0436. The minimum atomic E-state index is -1.50. The molecule has 2 N–H and O–H groups in total. The van der Waals surface area contributed by atoms with Gasteiger partial charge in [-0.25, -0.2) is 4.99 Å². The van der Waals surface area contributed by atoms with Gasteiger partial charge in [-0.2, -0.15) is 0 Å². The Hall–Kier alpha value is -4.66. The van der Waals surface area contributed by atoms with Crippen LogP contribution in [0.2, 0.25) is 5.02 Å². The van der Waals surface area contributed by atoms with Crippen molar-refractivity contribution < 1.29 is 28.9 Å². The lowest BCUT2D eigenvalue weighted by Crippen LogP contribution is -2.48. The first kappa shape index (κ1) is 34.7. The van der Waals surface area contributed by atoms with Gasteiger partial charge in [0.25, 0.3) is 5.91 Å². The second-order valence-corrected chi connectivity index (χ2v) is 13.1. The lowest BCUT2D eigenvalue weighted by molar-refractivity contribution is -0.155. The molecule has 1 aliphatic heterocycles. The zero-order chi connectivity index (χ0) is 34.1. The van der Waals surface area contributed by atoms with Gasteiger partial charge in [-0.3, -0.25) is 9.59 Å². The predicted octanol–water partition coefficient (Wildman–Crippen LogP) is 7.46. The molecule has 1 aliphatic rings. The van der Waals surface area contributed by atoms with Gasteiger partial charge in [0, 0.05) is 36.6 Å². The molecule has 48 heavy (non-hydrogen) atoms.